The Bertz CT molecular complexity index is 545. The van der Waals surface area contributed by atoms with Crippen LogP contribution in [0, 0.1) is 11.7 Å². The van der Waals surface area contributed by atoms with E-state index in [1.165, 1.54) is 6.07 Å². The number of nitrogens with one attached hydrogen (secondary N) is 2. The number of carbonyl (C=O) groups excluding carboxylic acids is 2. The first-order valence-electron chi connectivity index (χ1n) is 6.05. The van der Waals surface area contributed by atoms with Gasteiger partial charge in [-0.15, -0.1) is 0 Å². The Morgan fingerprint density at radius 2 is 1.95 bits per heavy atom. The van der Waals surface area contributed by atoms with Crippen molar-refractivity contribution in [2.75, 3.05) is 5.32 Å². The van der Waals surface area contributed by atoms with Gasteiger partial charge in [0, 0.05) is 23.6 Å². The molecule has 0 saturated heterocycles. The highest BCUT2D eigenvalue weighted by Crippen LogP contribution is 2.17. The molecule has 0 bridgehead atoms. The van der Waals surface area contributed by atoms with Crippen molar-refractivity contribution >= 4 is 35.2 Å². The first-order chi connectivity index (χ1) is 9.76. The zero-order chi connectivity index (χ0) is 16.0. The Morgan fingerprint density at radius 1 is 1.29 bits per heavy atom. The van der Waals surface area contributed by atoms with Crippen molar-refractivity contribution in [1.82, 2.24) is 5.32 Å². The second-order valence-corrected chi connectivity index (χ2v) is 5.00. The third-order valence-corrected chi connectivity index (χ3v) is 2.65. The van der Waals surface area contributed by atoms with Crippen molar-refractivity contribution in [2.24, 2.45) is 5.92 Å². The lowest BCUT2D eigenvalue weighted by molar-refractivity contribution is -0.138. The fourth-order valence-corrected chi connectivity index (χ4v) is 1.87. The third-order valence-electron chi connectivity index (χ3n) is 2.43. The largest absolute Gasteiger partial charge is 0.481 e. The molecule has 1 rings (SSSR count). The summed E-state index contributed by atoms with van der Waals surface area (Å²) in [5.74, 6) is -2.67. The smallest absolute Gasteiger partial charge is 0.325 e. The summed E-state index contributed by atoms with van der Waals surface area (Å²) in [4.78, 5) is 33.5. The zero-order valence-corrected chi connectivity index (χ0v) is 11.9. The van der Waals surface area contributed by atoms with Gasteiger partial charge in [0.15, 0.2) is 0 Å². The molecule has 1 aromatic rings. The number of rotatable bonds is 5. The van der Waals surface area contributed by atoms with Crippen LogP contribution in [-0.4, -0.2) is 23.0 Å². The second-order valence-electron chi connectivity index (χ2n) is 4.57. The minimum absolute atomic E-state index is 0.101. The quantitative estimate of drug-likeness (QED) is 0.778. The summed E-state index contributed by atoms with van der Waals surface area (Å²) in [5, 5.41) is 13.0. The van der Waals surface area contributed by atoms with Crippen molar-refractivity contribution in [3.05, 3.63) is 29.0 Å². The highest BCUT2D eigenvalue weighted by Gasteiger charge is 2.15. The van der Waals surface area contributed by atoms with Crippen LogP contribution in [-0.2, 0) is 9.59 Å². The summed E-state index contributed by atoms with van der Waals surface area (Å²) in [6.07, 6.45) is -0.280. The molecule has 6 nitrogen and oxygen atoms in total. The molecule has 0 aromatic heterocycles. The van der Waals surface area contributed by atoms with E-state index in [1.54, 1.807) is 6.92 Å². The predicted molar refractivity (Wildman–Crippen MR) is 74.6 cm³/mol. The number of imide groups is 1. The number of halogens is 2. The van der Waals surface area contributed by atoms with E-state index in [2.05, 4.69) is 5.32 Å². The summed E-state index contributed by atoms with van der Waals surface area (Å²) in [5.41, 5.74) is 0.101. The molecule has 0 spiro atoms. The molecule has 21 heavy (non-hydrogen) atoms. The number of hydrogen-bond donors (Lipinski definition) is 3. The van der Waals surface area contributed by atoms with Crippen molar-refractivity contribution in [3.8, 4) is 0 Å². The monoisotopic (exact) mass is 316 g/mol. The van der Waals surface area contributed by atoms with Crippen molar-refractivity contribution in [3.63, 3.8) is 0 Å². The van der Waals surface area contributed by atoms with Gasteiger partial charge >= 0.3 is 12.0 Å². The average Bonchev–Trinajstić information content (AvgIpc) is 2.24. The van der Waals surface area contributed by atoms with Crippen molar-refractivity contribution in [2.45, 2.75) is 19.8 Å². The molecule has 0 saturated carbocycles. The van der Waals surface area contributed by atoms with Gasteiger partial charge in [-0.3, -0.25) is 14.9 Å². The van der Waals surface area contributed by atoms with Crippen LogP contribution in [0.4, 0.5) is 14.9 Å². The molecule has 1 unspecified atom stereocenters. The van der Waals surface area contributed by atoms with Gasteiger partial charge in [0.1, 0.15) is 5.82 Å². The molecule has 1 atom stereocenters. The van der Waals surface area contributed by atoms with Crippen molar-refractivity contribution < 1.29 is 23.9 Å². The van der Waals surface area contributed by atoms with Gasteiger partial charge in [-0.2, -0.15) is 0 Å². The highest BCUT2D eigenvalue weighted by atomic mass is 35.5. The van der Waals surface area contributed by atoms with E-state index in [9.17, 15) is 18.8 Å². The predicted octanol–water partition coefficient (Wildman–Crippen LogP) is 2.63. The summed E-state index contributed by atoms with van der Waals surface area (Å²) in [7, 11) is 0. The van der Waals surface area contributed by atoms with Crippen LogP contribution < -0.4 is 10.6 Å². The fourth-order valence-electron chi connectivity index (χ4n) is 1.65. The van der Waals surface area contributed by atoms with Crippen LogP contribution in [0.25, 0.3) is 0 Å². The Morgan fingerprint density at radius 3 is 2.52 bits per heavy atom. The molecule has 3 amide bonds. The lowest BCUT2D eigenvalue weighted by Gasteiger charge is -2.10. The number of carboxylic acid groups (broad SMARTS) is 1. The number of aliphatic carboxylic acids is 1. The lowest BCUT2D eigenvalue weighted by Crippen LogP contribution is -2.35. The van der Waals surface area contributed by atoms with Crippen molar-refractivity contribution in [1.29, 1.82) is 0 Å². The van der Waals surface area contributed by atoms with E-state index in [4.69, 9.17) is 16.7 Å². The first-order valence-corrected chi connectivity index (χ1v) is 6.42. The Kier molecular flexibility index (Phi) is 6.10. The van der Waals surface area contributed by atoms with Gasteiger partial charge in [0.05, 0.1) is 0 Å². The van der Waals surface area contributed by atoms with Crippen LogP contribution in [0.3, 0.4) is 0 Å². The van der Waals surface area contributed by atoms with Gasteiger partial charge < -0.3 is 10.4 Å². The molecule has 1 aromatic carbocycles. The van der Waals surface area contributed by atoms with Crippen LogP contribution >= 0.6 is 11.6 Å². The van der Waals surface area contributed by atoms with E-state index in [0.717, 1.165) is 12.1 Å². The molecule has 0 radical (unpaired) electrons. The number of carbonyl (C=O) groups is 3. The number of amides is 3. The molecule has 8 heteroatoms. The van der Waals surface area contributed by atoms with Crippen LogP contribution in [0.1, 0.15) is 19.8 Å². The topological polar surface area (TPSA) is 95.5 Å². The molecule has 0 heterocycles. The summed E-state index contributed by atoms with van der Waals surface area (Å²) < 4.78 is 13.1. The highest BCUT2D eigenvalue weighted by molar-refractivity contribution is 6.30. The number of urea groups is 1. The van der Waals surface area contributed by atoms with Crippen LogP contribution in [0.5, 0.6) is 0 Å². The van der Waals surface area contributed by atoms with E-state index in [1.807, 2.05) is 5.32 Å². The van der Waals surface area contributed by atoms with E-state index < -0.39 is 29.6 Å². The Hall–Kier alpha value is -2.15. The molecule has 0 aliphatic carbocycles. The Balaban J connectivity index is 2.49. The standard InChI is InChI=1S/C13H14ClFN2O4/c1-7(3-12(19)20)2-11(18)17-13(21)16-10-5-8(14)4-9(15)6-10/h4-7H,2-3H2,1H3,(H,19,20)(H2,16,17,18,21). The molecule has 0 aliphatic rings. The average molecular weight is 317 g/mol. The molecule has 0 fully saturated rings. The maximum atomic E-state index is 13.1. The zero-order valence-electron chi connectivity index (χ0n) is 11.2. The van der Waals surface area contributed by atoms with Gasteiger partial charge in [-0.05, 0) is 24.1 Å². The minimum atomic E-state index is -1.02. The molecule has 114 valence electrons. The molecule has 0 aliphatic heterocycles. The number of carboxylic acids is 1. The van der Waals surface area contributed by atoms with Crippen LogP contribution in [0.2, 0.25) is 5.02 Å². The number of hydrogen-bond acceptors (Lipinski definition) is 3. The number of benzene rings is 1. The summed E-state index contributed by atoms with van der Waals surface area (Å²) in [6, 6.07) is 2.60. The minimum Gasteiger partial charge on any atom is -0.481 e. The molecule has 3 N–H and O–H groups in total. The second kappa shape index (κ2) is 7.58. The fraction of sp³-hybridized carbons (Fsp3) is 0.308. The van der Waals surface area contributed by atoms with Gasteiger partial charge in [0.2, 0.25) is 5.91 Å². The van der Waals surface area contributed by atoms with E-state index >= 15 is 0 Å². The van der Waals surface area contributed by atoms with Gasteiger partial charge in [-0.1, -0.05) is 18.5 Å². The van der Waals surface area contributed by atoms with Crippen LogP contribution in [0.15, 0.2) is 18.2 Å². The van der Waals surface area contributed by atoms with Gasteiger partial charge in [0.25, 0.3) is 0 Å². The molecular weight excluding hydrogens is 303 g/mol. The maximum absolute atomic E-state index is 13.1. The van der Waals surface area contributed by atoms with Gasteiger partial charge in [-0.25, -0.2) is 9.18 Å². The number of anilines is 1. The Labute approximate surface area is 125 Å². The lowest BCUT2D eigenvalue weighted by atomic mass is 10.0. The first kappa shape index (κ1) is 16.9. The van der Waals surface area contributed by atoms with E-state index in [-0.39, 0.29) is 23.6 Å². The summed E-state index contributed by atoms with van der Waals surface area (Å²) in [6.45, 7) is 1.58. The van der Waals surface area contributed by atoms with E-state index in [0.29, 0.717) is 0 Å². The SMILES string of the molecule is CC(CC(=O)O)CC(=O)NC(=O)Nc1cc(F)cc(Cl)c1. The molecular formula is C13H14ClFN2O4. The summed E-state index contributed by atoms with van der Waals surface area (Å²) >= 11 is 5.62. The third kappa shape index (κ3) is 6.71. The normalized spacial score (nSPS) is 11.6. The maximum Gasteiger partial charge on any atom is 0.325 e.